The van der Waals surface area contributed by atoms with Crippen molar-refractivity contribution in [3.05, 3.63) is 54.0 Å². The van der Waals surface area contributed by atoms with Crippen LogP contribution in [-0.4, -0.2) is 49.2 Å². The second-order valence-electron chi connectivity index (χ2n) is 5.82. The Hall–Kier alpha value is -3.75. The monoisotopic (exact) mass is 399 g/mol. The van der Waals surface area contributed by atoms with Crippen LogP contribution < -0.4 is 23.7 Å². The topological polar surface area (TPSA) is 93.9 Å². The van der Waals surface area contributed by atoms with Crippen LogP contribution in [0.1, 0.15) is 16.1 Å². The molecule has 0 atom stereocenters. The molecule has 0 fully saturated rings. The van der Waals surface area contributed by atoms with Gasteiger partial charge in [0.1, 0.15) is 5.75 Å². The first-order valence-corrected chi connectivity index (χ1v) is 8.63. The standard InChI is InChI=1S/C20H21N3O6/c1-25-14-10-16(26-2)18(17(11-14)27-3)29-20(24)15-7-6-13(19(22-15)28-4)12-23-9-5-8-21-23/h5-11H,12H2,1-4H3. The Kier molecular flexibility index (Phi) is 6.18. The highest BCUT2D eigenvalue weighted by atomic mass is 16.6. The predicted octanol–water partition coefficient (Wildman–Crippen LogP) is 2.58. The van der Waals surface area contributed by atoms with Crippen LogP contribution in [0.5, 0.6) is 28.9 Å². The maximum Gasteiger partial charge on any atom is 0.362 e. The van der Waals surface area contributed by atoms with Crippen molar-refractivity contribution in [2.24, 2.45) is 0 Å². The van der Waals surface area contributed by atoms with Crippen LogP contribution in [0, 0.1) is 0 Å². The maximum absolute atomic E-state index is 12.7. The molecule has 2 aromatic heterocycles. The molecule has 3 aromatic rings. The third-order valence-electron chi connectivity index (χ3n) is 4.10. The molecule has 0 saturated carbocycles. The van der Waals surface area contributed by atoms with E-state index in [1.54, 1.807) is 35.1 Å². The molecule has 9 heteroatoms. The van der Waals surface area contributed by atoms with E-state index in [1.165, 1.54) is 28.4 Å². The van der Waals surface area contributed by atoms with Crippen LogP contribution >= 0.6 is 0 Å². The quantitative estimate of drug-likeness (QED) is 0.421. The largest absolute Gasteiger partial charge is 0.496 e. The number of benzene rings is 1. The number of ether oxygens (including phenoxy) is 5. The molecule has 0 N–H and O–H groups in total. The average molecular weight is 399 g/mol. The van der Waals surface area contributed by atoms with Gasteiger partial charge in [0, 0.05) is 30.1 Å². The molecular weight excluding hydrogens is 378 g/mol. The van der Waals surface area contributed by atoms with E-state index in [1.807, 2.05) is 12.3 Å². The summed E-state index contributed by atoms with van der Waals surface area (Å²) in [4.78, 5) is 17.0. The van der Waals surface area contributed by atoms with Gasteiger partial charge in [-0.3, -0.25) is 4.68 Å². The Morgan fingerprint density at radius 1 is 1.00 bits per heavy atom. The van der Waals surface area contributed by atoms with Gasteiger partial charge >= 0.3 is 5.97 Å². The van der Waals surface area contributed by atoms with E-state index in [0.29, 0.717) is 18.2 Å². The van der Waals surface area contributed by atoms with E-state index in [2.05, 4.69) is 10.1 Å². The van der Waals surface area contributed by atoms with Crippen molar-refractivity contribution in [1.29, 1.82) is 0 Å². The number of nitrogens with zero attached hydrogens (tertiary/aromatic N) is 3. The van der Waals surface area contributed by atoms with E-state index >= 15 is 0 Å². The van der Waals surface area contributed by atoms with E-state index in [4.69, 9.17) is 23.7 Å². The molecule has 0 aliphatic carbocycles. The Labute approximate surface area is 167 Å². The minimum atomic E-state index is -0.685. The van der Waals surface area contributed by atoms with E-state index in [-0.39, 0.29) is 22.9 Å². The molecule has 0 amide bonds. The molecule has 0 aliphatic heterocycles. The summed E-state index contributed by atoms with van der Waals surface area (Å²) >= 11 is 0. The molecule has 0 radical (unpaired) electrons. The molecule has 0 spiro atoms. The lowest BCUT2D eigenvalue weighted by Crippen LogP contribution is -2.14. The molecule has 0 aliphatic rings. The van der Waals surface area contributed by atoms with Gasteiger partial charge in [0.25, 0.3) is 0 Å². The molecule has 0 bridgehead atoms. The summed E-state index contributed by atoms with van der Waals surface area (Å²) in [6, 6.07) is 8.30. The first-order valence-electron chi connectivity index (χ1n) is 8.63. The van der Waals surface area contributed by atoms with Gasteiger partial charge in [-0.25, -0.2) is 9.78 Å². The second-order valence-corrected chi connectivity index (χ2v) is 5.82. The normalized spacial score (nSPS) is 10.3. The van der Waals surface area contributed by atoms with Crippen molar-refractivity contribution in [2.45, 2.75) is 6.54 Å². The van der Waals surface area contributed by atoms with Gasteiger partial charge in [0.2, 0.25) is 11.6 Å². The number of hydrogen-bond donors (Lipinski definition) is 0. The number of hydrogen-bond acceptors (Lipinski definition) is 8. The zero-order chi connectivity index (χ0) is 20.8. The fraction of sp³-hybridized carbons (Fsp3) is 0.250. The van der Waals surface area contributed by atoms with Crippen molar-refractivity contribution < 1.29 is 28.5 Å². The third-order valence-corrected chi connectivity index (χ3v) is 4.10. The lowest BCUT2D eigenvalue weighted by molar-refractivity contribution is 0.0717. The van der Waals surface area contributed by atoms with Gasteiger partial charge in [0.15, 0.2) is 17.2 Å². The first kappa shape index (κ1) is 20.0. The molecule has 29 heavy (non-hydrogen) atoms. The summed E-state index contributed by atoms with van der Waals surface area (Å²) in [6.07, 6.45) is 3.51. The predicted molar refractivity (Wildman–Crippen MR) is 103 cm³/mol. The van der Waals surface area contributed by atoms with Crippen LogP contribution in [0.2, 0.25) is 0 Å². The lowest BCUT2D eigenvalue weighted by atomic mass is 10.2. The molecule has 1 aromatic carbocycles. The van der Waals surface area contributed by atoms with Gasteiger partial charge in [-0.1, -0.05) is 0 Å². The highest BCUT2D eigenvalue weighted by Crippen LogP contribution is 2.41. The molecule has 2 heterocycles. The summed E-state index contributed by atoms with van der Waals surface area (Å²) in [6.45, 7) is 0.457. The van der Waals surface area contributed by atoms with Crippen molar-refractivity contribution in [1.82, 2.24) is 14.8 Å². The molecule has 0 unspecified atom stereocenters. The number of esters is 1. The number of pyridine rings is 1. The van der Waals surface area contributed by atoms with E-state index < -0.39 is 5.97 Å². The van der Waals surface area contributed by atoms with Crippen molar-refractivity contribution >= 4 is 5.97 Å². The van der Waals surface area contributed by atoms with Gasteiger partial charge in [-0.05, 0) is 18.2 Å². The van der Waals surface area contributed by atoms with Gasteiger partial charge in [-0.2, -0.15) is 5.10 Å². The summed E-state index contributed by atoms with van der Waals surface area (Å²) in [7, 11) is 5.91. The SMILES string of the molecule is COc1cc(OC)c(OC(=O)c2ccc(Cn3cccn3)c(OC)n2)c(OC)c1. The minimum Gasteiger partial charge on any atom is -0.496 e. The van der Waals surface area contributed by atoms with Crippen LogP contribution in [-0.2, 0) is 6.54 Å². The highest BCUT2D eigenvalue weighted by Gasteiger charge is 2.21. The Balaban J connectivity index is 1.87. The second kappa shape index (κ2) is 8.96. The molecule has 9 nitrogen and oxygen atoms in total. The Morgan fingerprint density at radius 3 is 2.28 bits per heavy atom. The van der Waals surface area contributed by atoms with Crippen molar-refractivity contribution in [2.75, 3.05) is 28.4 Å². The van der Waals surface area contributed by atoms with Crippen molar-refractivity contribution in [3.63, 3.8) is 0 Å². The van der Waals surface area contributed by atoms with Crippen LogP contribution in [0.15, 0.2) is 42.7 Å². The molecular formula is C20H21N3O6. The van der Waals surface area contributed by atoms with Gasteiger partial charge < -0.3 is 23.7 Å². The van der Waals surface area contributed by atoms with Gasteiger partial charge in [-0.15, -0.1) is 0 Å². The van der Waals surface area contributed by atoms with E-state index in [9.17, 15) is 4.79 Å². The number of carbonyl (C=O) groups is 1. The van der Waals surface area contributed by atoms with Crippen LogP contribution in [0.3, 0.4) is 0 Å². The molecule has 152 valence electrons. The Bertz CT molecular complexity index is 963. The zero-order valence-electron chi connectivity index (χ0n) is 16.5. The number of carbonyl (C=O) groups excluding carboxylic acids is 1. The minimum absolute atomic E-state index is 0.0750. The van der Waals surface area contributed by atoms with Gasteiger partial charge in [0.05, 0.1) is 35.0 Å². The summed E-state index contributed by atoms with van der Waals surface area (Å²) < 4.78 is 28.4. The molecule has 3 rings (SSSR count). The number of methoxy groups -OCH3 is 4. The van der Waals surface area contributed by atoms with E-state index in [0.717, 1.165) is 5.56 Å². The summed E-state index contributed by atoms with van der Waals surface area (Å²) in [5, 5.41) is 4.16. The highest BCUT2D eigenvalue weighted by molar-refractivity contribution is 5.90. The fourth-order valence-corrected chi connectivity index (χ4v) is 2.67. The smallest absolute Gasteiger partial charge is 0.362 e. The van der Waals surface area contributed by atoms with Crippen molar-refractivity contribution in [3.8, 4) is 28.9 Å². The maximum atomic E-state index is 12.7. The van der Waals surface area contributed by atoms with Crippen LogP contribution in [0.4, 0.5) is 0 Å². The third kappa shape index (κ3) is 4.40. The van der Waals surface area contributed by atoms with Crippen LogP contribution in [0.25, 0.3) is 0 Å². The first-order chi connectivity index (χ1) is 14.1. The number of aromatic nitrogens is 3. The lowest BCUT2D eigenvalue weighted by Gasteiger charge is -2.15. The Morgan fingerprint density at radius 2 is 1.72 bits per heavy atom. The summed E-state index contributed by atoms with van der Waals surface area (Å²) in [5.41, 5.74) is 0.846. The number of rotatable bonds is 8. The summed E-state index contributed by atoms with van der Waals surface area (Å²) in [5.74, 6) is 0.830. The average Bonchev–Trinajstić information content (AvgIpc) is 3.26. The fourth-order valence-electron chi connectivity index (χ4n) is 2.67. The molecule has 0 saturated heterocycles. The zero-order valence-corrected chi connectivity index (χ0v) is 16.5.